The maximum absolute atomic E-state index is 12.7. The average molecular weight is 382 g/mol. The summed E-state index contributed by atoms with van der Waals surface area (Å²) in [4.78, 5) is 12.8. The van der Waals surface area contributed by atoms with Crippen LogP contribution >= 0.6 is 11.6 Å². The SMILES string of the molecule is O=[N+]([O-])c1ccccc1N1CCN(S(=O)(=O)c2ccc(Cl)cc2)CC1. The number of sulfonamides is 1. The van der Waals surface area contributed by atoms with Crippen molar-refractivity contribution >= 4 is 33.0 Å². The van der Waals surface area contributed by atoms with E-state index in [1.54, 1.807) is 18.2 Å². The van der Waals surface area contributed by atoms with Crippen LogP contribution in [-0.4, -0.2) is 43.8 Å². The number of benzene rings is 2. The van der Waals surface area contributed by atoms with Crippen LogP contribution in [0.3, 0.4) is 0 Å². The minimum atomic E-state index is -3.60. The molecule has 1 aliphatic heterocycles. The Balaban J connectivity index is 1.76. The van der Waals surface area contributed by atoms with Gasteiger partial charge in [-0.3, -0.25) is 10.1 Å². The highest BCUT2D eigenvalue weighted by molar-refractivity contribution is 7.89. The lowest BCUT2D eigenvalue weighted by Gasteiger charge is -2.35. The predicted molar refractivity (Wildman–Crippen MR) is 95.5 cm³/mol. The maximum Gasteiger partial charge on any atom is 0.292 e. The summed E-state index contributed by atoms with van der Waals surface area (Å²) in [6.07, 6.45) is 0. The molecule has 1 aliphatic rings. The molecule has 3 rings (SSSR count). The Morgan fingerprint density at radius 2 is 1.56 bits per heavy atom. The Morgan fingerprint density at radius 1 is 0.960 bits per heavy atom. The van der Waals surface area contributed by atoms with E-state index in [-0.39, 0.29) is 23.7 Å². The summed E-state index contributed by atoms with van der Waals surface area (Å²) in [5, 5.41) is 11.6. The summed E-state index contributed by atoms with van der Waals surface area (Å²) in [6, 6.07) is 12.5. The third kappa shape index (κ3) is 3.60. The van der Waals surface area contributed by atoms with Gasteiger partial charge in [-0.05, 0) is 30.3 Å². The number of para-hydroxylation sites is 2. The lowest BCUT2D eigenvalue weighted by Crippen LogP contribution is -2.48. The monoisotopic (exact) mass is 381 g/mol. The van der Waals surface area contributed by atoms with Gasteiger partial charge in [0, 0.05) is 37.3 Å². The summed E-state index contributed by atoms with van der Waals surface area (Å²) in [5.41, 5.74) is 0.535. The zero-order valence-electron chi connectivity index (χ0n) is 13.2. The zero-order valence-corrected chi connectivity index (χ0v) is 14.8. The number of nitro groups is 1. The number of piperazine rings is 1. The second-order valence-corrected chi connectivity index (χ2v) is 7.97. The number of halogens is 1. The largest absolute Gasteiger partial charge is 0.363 e. The highest BCUT2D eigenvalue weighted by atomic mass is 35.5. The van der Waals surface area contributed by atoms with Crippen LogP contribution in [0.1, 0.15) is 0 Å². The lowest BCUT2D eigenvalue weighted by molar-refractivity contribution is -0.384. The molecule has 0 bridgehead atoms. The minimum absolute atomic E-state index is 0.0245. The van der Waals surface area contributed by atoms with Crippen LogP contribution in [0.5, 0.6) is 0 Å². The molecular weight excluding hydrogens is 366 g/mol. The molecule has 1 heterocycles. The molecule has 0 aromatic heterocycles. The first-order chi connectivity index (χ1) is 11.9. The molecule has 0 atom stereocenters. The number of hydrogen-bond acceptors (Lipinski definition) is 5. The maximum atomic E-state index is 12.7. The second kappa shape index (κ2) is 6.99. The first kappa shape index (κ1) is 17.7. The van der Waals surface area contributed by atoms with Gasteiger partial charge in [0.1, 0.15) is 5.69 Å². The second-order valence-electron chi connectivity index (χ2n) is 5.59. The first-order valence-corrected chi connectivity index (χ1v) is 9.45. The molecule has 0 spiro atoms. The van der Waals surface area contributed by atoms with E-state index in [4.69, 9.17) is 11.6 Å². The fraction of sp³-hybridized carbons (Fsp3) is 0.250. The Labute approximate surface area is 150 Å². The lowest BCUT2D eigenvalue weighted by atomic mass is 10.2. The summed E-state index contributed by atoms with van der Waals surface area (Å²) >= 11 is 5.80. The van der Waals surface area contributed by atoms with E-state index in [0.717, 1.165) is 0 Å². The molecule has 0 saturated carbocycles. The van der Waals surface area contributed by atoms with E-state index in [1.165, 1.54) is 34.6 Å². The molecule has 7 nitrogen and oxygen atoms in total. The van der Waals surface area contributed by atoms with E-state index in [0.29, 0.717) is 23.8 Å². The molecule has 132 valence electrons. The van der Waals surface area contributed by atoms with Gasteiger partial charge < -0.3 is 4.90 Å². The van der Waals surface area contributed by atoms with Crippen LogP contribution in [-0.2, 0) is 10.0 Å². The van der Waals surface area contributed by atoms with Crippen molar-refractivity contribution in [1.82, 2.24) is 4.31 Å². The molecule has 0 unspecified atom stereocenters. The van der Waals surface area contributed by atoms with Crippen LogP contribution in [0.4, 0.5) is 11.4 Å². The Kier molecular flexibility index (Phi) is 4.94. The predicted octanol–water partition coefficient (Wildman–Crippen LogP) is 2.76. The molecule has 2 aromatic rings. The van der Waals surface area contributed by atoms with Gasteiger partial charge in [-0.25, -0.2) is 8.42 Å². The summed E-state index contributed by atoms with van der Waals surface area (Å²) in [5.74, 6) is 0. The van der Waals surface area contributed by atoms with Gasteiger partial charge in [0.05, 0.1) is 9.82 Å². The Morgan fingerprint density at radius 3 is 2.16 bits per heavy atom. The quantitative estimate of drug-likeness (QED) is 0.600. The molecule has 0 aliphatic carbocycles. The van der Waals surface area contributed by atoms with Gasteiger partial charge in [0.15, 0.2) is 0 Å². The van der Waals surface area contributed by atoms with Crippen molar-refractivity contribution < 1.29 is 13.3 Å². The van der Waals surface area contributed by atoms with Crippen LogP contribution < -0.4 is 4.90 Å². The number of anilines is 1. The molecule has 0 amide bonds. The summed E-state index contributed by atoms with van der Waals surface area (Å²) in [6.45, 7) is 1.30. The topological polar surface area (TPSA) is 83.8 Å². The van der Waals surface area contributed by atoms with Gasteiger partial charge in [0.2, 0.25) is 10.0 Å². The van der Waals surface area contributed by atoms with Crippen molar-refractivity contribution in [3.63, 3.8) is 0 Å². The van der Waals surface area contributed by atoms with E-state index in [2.05, 4.69) is 0 Å². The van der Waals surface area contributed by atoms with Crippen molar-refractivity contribution in [2.75, 3.05) is 31.1 Å². The van der Waals surface area contributed by atoms with Crippen molar-refractivity contribution in [1.29, 1.82) is 0 Å². The summed E-state index contributed by atoms with van der Waals surface area (Å²) in [7, 11) is -3.60. The van der Waals surface area contributed by atoms with Crippen molar-refractivity contribution in [3.05, 3.63) is 63.7 Å². The van der Waals surface area contributed by atoms with E-state index >= 15 is 0 Å². The first-order valence-electron chi connectivity index (χ1n) is 7.64. The average Bonchev–Trinajstić information content (AvgIpc) is 2.62. The zero-order chi connectivity index (χ0) is 18.0. The van der Waals surface area contributed by atoms with Gasteiger partial charge in [-0.2, -0.15) is 4.31 Å². The molecule has 1 fully saturated rings. The third-order valence-electron chi connectivity index (χ3n) is 4.11. The third-order valence-corrected chi connectivity index (χ3v) is 6.27. The smallest absolute Gasteiger partial charge is 0.292 e. The number of nitrogens with zero attached hydrogens (tertiary/aromatic N) is 3. The molecular formula is C16H16ClN3O4S. The van der Waals surface area contributed by atoms with Gasteiger partial charge in [-0.1, -0.05) is 23.7 Å². The fourth-order valence-corrected chi connectivity index (χ4v) is 4.36. The van der Waals surface area contributed by atoms with Gasteiger partial charge >= 0.3 is 0 Å². The fourth-order valence-electron chi connectivity index (χ4n) is 2.81. The minimum Gasteiger partial charge on any atom is -0.363 e. The molecule has 0 N–H and O–H groups in total. The molecule has 0 radical (unpaired) electrons. The Bertz CT molecular complexity index is 879. The number of hydrogen-bond donors (Lipinski definition) is 0. The van der Waals surface area contributed by atoms with E-state index in [9.17, 15) is 18.5 Å². The molecule has 1 saturated heterocycles. The van der Waals surface area contributed by atoms with Crippen molar-refractivity contribution in [2.45, 2.75) is 4.90 Å². The van der Waals surface area contributed by atoms with Gasteiger partial charge in [0.25, 0.3) is 5.69 Å². The molecule has 25 heavy (non-hydrogen) atoms. The number of nitro benzene ring substituents is 1. The normalized spacial score (nSPS) is 16.0. The summed E-state index contributed by atoms with van der Waals surface area (Å²) < 4.78 is 26.7. The highest BCUT2D eigenvalue weighted by Gasteiger charge is 2.30. The van der Waals surface area contributed by atoms with Crippen LogP contribution in [0.2, 0.25) is 5.02 Å². The molecule has 9 heteroatoms. The van der Waals surface area contributed by atoms with Crippen LogP contribution in [0.15, 0.2) is 53.4 Å². The van der Waals surface area contributed by atoms with E-state index < -0.39 is 14.9 Å². The highest BCUT2D eigenvalue weighted by Crippen LogP contribution is 2.29. The molecule has 2 aromatic carbocycles. The standard InChI is InChI=1S/C16H16ClN3O4S/c17-13-5-7-14(8-6-13)25(23,24)19-11-9-18(10-12-19)15-3-1-2-4-16(15)20(21)22/h1-8H,9-12H2. The van der Waals surface area contributed by atoms with Gasteiger partial charge in [-0.15, -0.1) is 0 Å². The van der Waals surface area contributed by atoms with Crippen molar-refractivity contribution in [3.8, 4) is 0 Å². The van der Waals surface area contributed by atoms with E-state index in [1.807, 2.05) is 4.90 Å². The van der Waals surface area contributed by atoms with Crippen LogP contribution in [0, 0.1) is 10.1 Å². The number of rotatable bonds is 4. The van der Waals surface area contributed by atoms with Crippen molar-refractivity contribution in [2.24, 2.45) is 0 Å². The Hall–Kier alpha value is -2.16. The van der Waals surface area contributed by atoms with Crippen LogP contribution in [0.25, 0.3) is 0 Å².